The Hall–Kier alpha value is -1.26. The van der Waals surface area contributed by atoms with Gasteiger partial charge < -0.3 is 5.32 Å². The molecule has 1 unspecified atom stereocenters. The molecule has 1 atom stereocenters. The molecule has 0 spiro atoms. The summed E-state index contributed by atoms with van der Waals surface area (Å²) in [6, 6.07) is 9.10. The number of benzene rings is 1. The van der Waals surface area contributed by atoms with E-state index in [-0.39, 0.29) is 0 Å². The van der Waals surface area contributed by atoms with E-state index in [4.69, 9.17) is 0 Å². The predicted molar refractivity (Wildman–Crippen MR) is 71.0 cm³/mol. The van der Waals surface area contributed by atoms with E-state index >= 15 is 0 Å². The van der Waals surface area contributed by atoms with Gasteiger partial charge in [0.05, 0.1) is 5.69 Å². The lowest BCUT2D eigenvalue weighted by Gasteiger charge is -2.13. The number of rotatable bonds is 5. The Morgan fingerprint density at radius 3 is 2.65 bits per heavy atom. The van der Waals surface area contributed by atoms with Gasteiger partial charge in [0.2, 0.25) is 0 Å². The summed E-state index contributed by atoms with van der Waals surface area (Å²) in [5, 5.41) is 9.43. The summed E-state index contributed by atoms with van der Waals surface area (Å²) in [4.78, 5) is 0. The van der Waals surface area contributed by atoms with Crippen molar-refractivity contribution in [1.82, 2.24) is 14.9 Å². The summed E-state index contributed by atoms with van der Waals surface area (Å²) in [6.45, 7) is 5.11. The molecule has 0 fully saturated rings. The Morgan fingerprint density at radius 2 is 2.06 bits per heavy atom. The minimum atomic E-state index is 0.336. The second kappa shape index (κ2) is 5.89. The van der Waals surface area contributed by atoms with Gasteiger partial charge in [0, 0.05) is 18.0 Å². The van der Waals surface area contributed by atoms with Crippen LogP contribution >= 0.6 is 11.5 Å². The van der Waals surface area contributed by atoms with Crippen LogP contribution in [0.15, 0.2) is 29.6 Å². The average Bonchev–Trinajstić information content (AvgIpc) is 2.89. The first-order valence-corrected chi connectivity index (χ1v) is 6.71. The molecular weight excluding hydrogens is 230 g/mol. The molecule has 0 saturated heterocycles. The molecule has 0 bridgehead atoms. The van der Waals surface area contributed by atoms with E-state index in [0.717, 1.165) is 18.7 Å². The van der Waals surface area contributed by atoms with Crippen LogP contribution in [0.25, 0.3) is 0 Å². The lowest BCUT2D eigenvalue weighted by Crippen LogP contribution is -2.18. The first-order valence-electron chi connectivity index (χ1n) is 5.87. The smallest absolute Gasteiger partial charge is 0.0893 e. The highest BCUT2D eigenvalue weighted by atomic mass is 32.1. The van der Waals surface area contributed by atoms with Crippen LogP contribution in [0, 0.1) is 0 Å². The van der Waals surface area contributed by atoms with Gasteiger partial charge in [-0.3, -0.25) is 0 Å². The molecule has 0 aliphatic carbocycles. The maximum Gasteiger partial charge on any atom is 0.0893 e. The van der Waals surface area contributed by atoms with Crippen molar-refractivity contribution < 1.29 is 0 Å². The summed E-state index contributed by atoms with van der Waals surface area (Å²) >= 11 is 1.39. The zero-order valence-corrected chi connectivity index (χ0v) is 11.0. The highest BCUT2D eigenvalue weighted by Crippen LogP contribution is 2.14. The van der Waals surface area contributed by atoms with Gasteiger partial charge in [0.25, 0.3) is 0 Å². The molecule has 90 valence electrons. The lowest BCUT2D eigenvalue weighted by molar-refractivity contribution is 0.567. The van der Waals surface area contributed by atoms with Crippen LogP contribution in [0.1, 0.15) is 36.7 Å². The fourth-order valence-corrected chi connectivity index (χ4v) is 2.13. The summed E-state index contributed by atoms with van der Waals surface area (Å²) < 4.78 is 3.85. The van der Waals surface area contributed by atoms with Crippen LogP contribution in [0.4, 0.5) is 0 Å². The Bertz CT molecular complexity index is 436. The van der Waals surface area contributed by atoms with Crippen molar-refractivity contribution in [3.05, 3.63) is 46.5 Å². The lowest BCUT2D eigenvalue weighted by atomic mass is 10.1. The van der Waals surface area contributed by atoms with Crippen LogP contribution in [-0.2, 0) is 13.0 Å². The highest BCUT2D eigenvalue weighted by molar-refractivity contribution is 7.03. The molecule has 1 N–H and O–H groups in total. The first-order chi connectivity index (χ1) is 8.29. The third kappa shape index (κ3) is 3.35. The second-order valence-corrected chi connectivity index (χ2v) is 4.70. The molecule has 1 heterocycles. The number of nitrogens with zero attached hydrogens (tertiary/aromatic N) is 2. The van der Waals surface area contributed by atoms with E-state index in [1.807, 2.05) is 5.38 Å². The molecule has 0 saturated carbocycles. The molecule has 2 aromatic rings. The molecule has 3 nitrogen and oxygen atoms in total. The Kier molecular flexibility index (Phi) is 4.23. The minimum absolute atomic E-state index is 0.336. The SMILES string of the molecule is CCc1ccc(C(C)NCc2csnn2)cc1. The van der Waals surface area contributed by atoms with Crippen LogP contribution < -0.4 is 5.32 Å². The number of nitrogens with one attached hydrogen (secondary N) is 1. The summed E-state index contributed by atoms with van der Waals surface area (Å²) in [6.07, 6.45) is 1.09. The minimum Gasteiger partial charge on any atom is -0.304 e. The van der Waals surface area contributed by atoms with E-state index in [9.17, 15) is 0 Å². The number of aromatic nitrogens is 2. The number of aryl methyl sites for hydroxylation is 1. The van der Waals surface area contributed by atoms with E-state index < -0.39 is 0 Å². The van der Waals surface area contributed by atoms with E-state index in [1.54, 1.807) is 0 Å². The topological polar surface area (TPSA) is 37.8 Å². The van der Waals surface area contributed by atoms with E-state index in [1.165, 1.54) is 22.7 Å². The molecule has 4 heteroatoms. The van der Waals surface area contributed by atoms with Gasteiger partial charge in [0.15, 0.2) is 0 Å². The molecule has 2 rings (SSSR count). The Labute approximate surface area is 106 Å². The van der Waals surface area contributed by atoms with Gasteiger partial charge in [-0.15, -0.1) is 5.10 Å². The van der Waals surface area contributed by atoms with Crippen LogP contribution in [0.5, 0.6) is 0 Å². The van der Waals surface area contributed by atoms with Gasteiger partial charge in [-0.2, -0.15) is 0 Å². The van der Waals surface area contributed by atoms with Gasteiger partial charge in [-0.25, -0.2) is 0 Å². The van der Waals surface area contributed by atoms with Crippen molar-refractivity contribution >= 4 is 11.5 Å². The molecular formula is C13H17N3S. The third-order valence-electron chi connectivity index (χ3n) is 2.88. The van der Waals surface area contributed by atoms with E-state index in [0.29, 0.717) is 6.04 Å². The van der Waals surface area contributed by atoms with Gasteiger partial charge in [-0.1, -0.05) is 35.7 Å². The Balaban J connectivity index is 1.92. The fraction of sp³-hybridized carbons (Fsp3) is 0.385. The van der Waals surface area contributed by atoms with Crippen molar-refractivity contribution in [3.63, 3.8) is 0 Å². The van der Waals surface area contributed by atoms with Crippen molar-refractivity contribution in [2.24, 2.45) is 0 Å². The van der Waals surface area contributed by atoms with Crippen LogP contribution in [0.3, 0.4) is 0 Å². The van der Waals surface area contributed by atoms with Gasteiger partial charge in [0.1, 0.15) is 0 Å². The van der Waals surface area contributed by atoms with E-state index in [2.05, 4.69) is 53.0 Å². The Morgan fingerprint density at radius 1 is 1.29 bits per heavy atom. The van der Waals surface area contributed by atoms with Crippen molar-refractivity contribution in [1.29, 1.82) is 0 Å². The molecule has 0 aliphatic heterocycles. The number of hydrogen-bond acceptors (Lipinski definition) is 4. The molecule has 17 heavy (non-hydrogen) atoms. The zero-order chi connectivity index (χ0) is 12.1. The van der Waals surface area contributed by atoms with Gasteiger partial charge in [-0.05, 0) is 36.0 Å². The summed E-state index contributed by atoms with van der Waals surface area (Å²) in [7, 11) is 0. The van der Waals surface area contributed by atoms with Gasteiger partial charge >= 0.3 is 0 Å². The normalized spacial score (nSPS) is 12.6. The molecule has 0 aliphatic rings. The molecule has 1 aromatic carbocycles. The number of hydrogen-bond donors (Lipinski definition) is 1. The second-order valence-electron chi connectivity index (χ2n) is 4.09. The maximum absolute atomic E-state index is 4.02. The monoisotopic (exact) mass is 247 g/mol. The summed E-state index contributed by atoms with van der Waals surface area (Å²) in [5.74, 6) is 0. The first kappa shape index (κ1) is 12.2. The quantitative estimate of drug-likeness (QED) is 0.882. The summed E-state index contributed by atoms with van der Waals surface area (Å²) in [5.41, 5.74) is 3.70. The molecule has 0 amide bonds. The van der Waals surface area contributed by atoms with Crippen molar-refractivity contribution in [2.45, 2.75) is 32.9 Å². The van der Waals surface area contributed by atoms with Crippen LogP contribution in [-0.4, -0.2) is 9.59 Å². The maximum atomic E-state index is 4.02. The fourth-order valence-electron chi connectivity index (χ4n) is 1.68. The van der Waals surface area contributed by atoms with Crippen molar-refractivity contribution in [3.8, 4) is 0 Å². The predicted octanol–water partition coefficient (Wildman–Crippen LogP) is 2.95. The van der Waals surface area contributed by atoms with Crippen LogP contribution in [0.2, 0.25) is 0 Å². The van der Waals surface area contributed by atoms with Crippen molar-refractivity contribution in [2.75, 3.05) is 0 Å². The average molecular weight is 247 g/mol. The standard InChI is InChI=1S/C13H17N3S/c1-3-11-4-6-12(7-5-11)10(2)14-8-13-9-17-16-15-13/h4-7,9-10,14H,3,8H2,1-2H3. The molecule has 0 radical (unpaired) electrons. The molecule has 1 aromatic heterocycles. The largest absolute Gasteiger partial charge is 0.304 e. The third-order valence-corrected chi connectivity index (χ3v) is 3.44. The highest BCUT2D eigenvalue weighted by Gasteiger charge is 2.05. The zero-order valence-electron chi connectivity index (χ0n) is 10.2.